The molecule has 11 heteroatoms. The predicted octanol–water partition coefficient (Wildman–Crippen LogP) is 7.75. The standard InChI is InChI=1S/C40H28N2O8S/c43-37(35-23-27(11-21-33(35)39(45)46)25-7-3-1-4-8-25)41-29-13-17-31(18-14-29)51(49,50)32-19-15-30(16-20-32)42-38(44)36-24-28(12-22-34(36)40(47)48)26-9-5-2-6-10-26/h1-24H,(H,41,43)(H,42,44)(H,45,46)(H,47,48). The van der Waals surface area contributed by atoms with Gasteiger partial charge in [-0.2, -0.15) is 0 Å². The molecule has 0 atom stereocenters. The molecule has 0 aliphatic heterocycles. The number of sulfone groups is 1. The molecule has 0 aliphatic carbocycles. The Morgan fingerprint density at radius 2 is 0.765 bits per heavy atom. The fraction of sp³-hybridized carbons (Fsp3) is 0. The van der Waals surface area contributed by atoms with Crippen LogP contribution in [-0.2, 0) is 9.84 Å². The second-order valence-corrected chi connectivity index (χ2v) is 13.3. The first-order chi connectivity index (χ1) is 24.5. The third-order valence-electron chi connectivity index (χ3n) is 8.05. The van der Waals surface area contributed by atoms with Crippen LogP contribution in [0.15, 0.2) is 155 Å². The van der Waals surface area contributed by atoms with Gasteiger partial charge in [-0.05, 0) is 95.1 Å². The Morgan fingerprint density at radius 3 is 1.10 bits per heavy atom. The molecule has 0 aromatic heterocycles. The van der Waals surface area contributed by atoms with E-state index >= 15 is 0 Å². The van der Waals surface area contributed by atoms with E-state index in [0.717, 1.165) is 11.1 Å². The average molecular weight is 697 g/mol. The molecular weight excluding hydrogens is 669 g/mol. The molecule has 10 nitrogen and oxygen atoms in total. The Labute approximate surface area is 292 Å². The summed E-state index contributed by atoms with van der Waals surface area (Å²) < 4.78 is 26.8. The number of benzene rings is 6. The maximum atomic E-state index is 13.4. The van der Waals surface area contributed by atoms with Crippen molar-refractivity contribution in [1.82, 2.24) is 0 Å². The molecule has 0 unspecified atom stereocenters. The summed E-state index contributed by atoms with van der Waals surface area (Å²) in [6.07, 6.45) is 0. The molecular formula is C40H28N2O8S. The minimum Gasteiger partial charge on any atom is -0.478 e. The van der Waals surface area contributed by atoms with Gasteiger partial charge in [0.05, 0.1) is 32.0 Å². The molecule has 252 valence electrons. The second-order valence-electron chi connectivity index (χ2n) is 11.3. The summed E-state index contributed by atoms with van der Waals surface area (Å²) >= 11 is 0. The third kappa shape index (κ3) is 7.43. The van der Waals surface area contributed by atoms with Crippen LogP contribution in [0.2, 0.25) is 0 Å². The molecule has 6 aromatic rings. The van der Waals surface area contributed by atoms with Gasteiger partial charge in [-0.15, -0.1) is 0 Å². The first-order valence-electron chi connectivity index (χ1n) is 15.4. The number of carbonyl (C=O) groups is 4. The van der Waals surface area contributed by atoms with Gasteiger partial charge < -0.3 is 20.8 Å². The number of carbonyl (C=O) groups excluding carboxylic acids is 2. The smallest absolute Gasteiger partial charge is 0.336 e. The zero-order valence-corrected chi connectivity index (χ0v) is 27.4. The Balaban J connectivity index is 1.17. The van der Waals surface area contributed by atoms with E-state index in [9.17, 15) is 37.8 Å². The van der Waals surface area contributed by atoms with Crippen molar-refractivity contribution in [2.24, 2.45) is 0 Å². The molecule has 2 amide bonds. The fourth-order valence-corrected chi connectivity index (χ4v) is 6.69. The van der Waals surface area contributed by atoms with Gasteiger partial charge in [-0.3, -0.25) is 9.59 Å². The van der Waals surface area contributed by atoms with E-state index in [2.05, 4.69) is 10.6 Å². The van der Waals surface area contributed by atoms with Crippen LogP contribution in [0, 0.1) is 0 Å². The Hall–Kier alpha value is -6.85. The minimum atomic E-state index is -4.02. The van der Waals surface area contributed by atoms with Crippen LogP contribution >= 0.6 is 0 Å². The van der Waals surface area contributed by atoms with E-state index in [-0.39, 0.29) is 43.4 Å². The van der Waals surface area contributed by atoms with E-state index in [1.54, 1.807) is 12.1 Å². The summed E-state index contributed by atoms with van der Waals surface area (Å²) in [5.41, 5.74) is 2.91. The molecule has 6 rings (SSSR count). The van der Waals surface area contributed by atoms with Gasteiger partial charge in [0.25, 0.3) is 11.8 Å². The average Bonchev–Trinajstić information content (AvgIpc) is 3.15. The predicted molar refractivity (Wildman–Crippen MR) is 192 cm³/mol. The number of aromatic carboxylic acids is 2. The molecule has 6 aromatic carbocycles. The molecule has 0 radical (unpaired) electrons. The summed E-state index contributed by atoms with van der Waals surface area (Å²) in [5, 5.41) is 24.6. The lowest BCUT2D eigenvalue weighted by Crippen LogP contribution is -2.17. The molecule has 0 spiro atoms. The number of rotatable bonds is 10. The van der Waals surface area contributed by atoms with Crippen LogP contribution in [0.25, 0.3) is 22.3 Å². The lowest BCUT2D eigenvalue weighted by molar-refractivity contribution is 0.0683. The van der Waals surface area contributed by atoms with Crippen LogP contribution < -0.4 is 10.6 Å². The highest BCUT2D eigenvalue weighted by Gasteiger charge is 2.22. The maximum absolute atomic E-state index is 13.4. The van der Waals surface area contributed by atoms with Crippen LogP contribution in [0.5, 0.6) is 0 Å². The van der Waals surface area contributed by atoms with Crippen LogP contribution in [0.1, 0.15) is 41.4 Å². The quantitative estimate of drug-likeness (QED) is 0.113. The lowest BCUT2D eigenvalue weighted by atomic mass is 9.98. The lowest BCUT2D eigenvalue weighted by Gasteiger charge is -2.12. The SMILES string of the molecule is O=C(O)c1ccc(-c2ccccc2)cc1C(=O)Nc1ccc(S(=O)(=O)c2ccc(NC(=O)c3cc(-c4ccccc4)ccc3C(=O)O)cc2)cc1. The molecule has 0 heterocycles. The maximum Gasteiger partial charge on any atom is 0.336 e. The molecule has 0 aliphatic rings. The van der Waals surface area contributed by atoms with Crippen molar-refractivity contribution in [3.05, 3.63) is 168 Å². The number of amides is 2. The van der Waals surface area contributed by atoms with E-state index in [1.165, 1.54) is 72.8 Å². The van der Waals surface area contributed by atoms with Gasteiger partial charge in [0, 0.05) is 11.4 Å². The number of carboxylic acid groups (broad SMARTS) is 2. The van der Waals surface area contributed by atoms with Crippen molar-refractivity contribution in [1.29, 1.82) is 0 Å². The highest BCUT2D eigenvalue weighted by atomic mass is 32.2. The van der Waals surface area contributed by atoms with Gasteiger partial charge in [0.15, 0.2) is 0 Å². The minimum absolute atomic E-state index is 0.0594. The zero-order valence-electron chi connectivity index (χ0n) is 26.6. The molecule has 4 N–H and O–H groups in total. The second kappa shape index (κ2) is 14.3. The van der Waals surface area contributed by atoms with E-state index in [4.69, 9.17) is 0 Å². The Bertz CT molecular complexity index is 2230. The van der Waals surface area contributed by atoms with Crippen molar-refractivity contribution in [2.75, 3.05) is 10.6 Å². The molecule has 0 saturated heterocycles. The van der Waals surface area contributed by atoms with Gasteiger partial charge in [0.1, 0.15) is 0 Å². The normalized spacial score (nSPS) is 11.0. The van der Waals surface area contributed by atoms with Crippen molar-refractivity contribution in [2.45, 2.75) is 9.79 Å². The van der Waals surface area contributed by atoms with E-state index < -0.39 is 33.6 Å². The molecule has 0 saturated carbocycles. The van der Waals surface area contributed by atoms with Gasteiger partial charge in [0.2, 0.25) is 9.84 Å². The molecule has 0 fully saturated rings. The molecule has 0 bridgehead atoms. The summed E-state index contributed by atoms with van der Waals surface area (Å²) in [5.74, 6) is -3.90. The Morgan fingerprint density at radius 1 is 0.412 bits per heavy atom. The van der Waals surface area contributed by atoms with Gasteiger partial charge >= 0.3 is 11.9 Å². The number of nitrogens with one attached hydrogen (secondary N) is 2. The van der Waals surface area contributed by atoms with Gasteiger partial charge in [-0.25, -0.2) is 18.0 Å². The van der Waals surface area contributed by atoms with E-state index in [0.29, 0.717) is 11.1 Å². The van der Waals surface area contributed by atoms with Crippen molar-refractivity contribution < 1.29 is 37.8 Å². The fourth-order valence-electron chi connectivity index (χ4n) is 5.43. The number of anilines is 2. The first-order valence-corrected chi connectivity index (χ1v) is 16.9. The van der Waals surface area contributed by atoms with Crippen LogP contribution in [0.3, 0.4) is 0 Å². The topological polar surface area (TPSA) is 167 Å². The number of carboxylic acids is 2. The summed E-state index contributed by atoms with van der Waals surface area (Å²) in [6.45, 7) is 0. The monoisotopic (exact) mass is 696 g/mol. The highest BCUT2D eigenvalue weighted by molar-refractivity contribution is 7.91. The van der Waals surface area contributed by atoms with Gasteiger partial charge in [-0.1, -0.05) is 72.8 Å². The summed E-state index contributed by atoms with van der Waals surface area (Å²) in [4.78, 5) is 50.0. The largest absolute Gasteiger partial charge is 0.478 e. The first kappa shape index (κ1) is 34.0. The molecule has 51 heavy (non-hydrogen) atoms. The third-order valence-corrected chi connectivity index (χ3v) is 9.83. The van der Waals surface area contributed by atoms with Crippen molar-refractivity contribution in [3.63, 3.8) is 0 Å². The van der Waals surface area contributed by atoms with Crippen LogP contribution in [-0.4, -0.2) is 42.4 Å². The van der Waals surface area contributed by atoms with E-state index in [1.807, 2.05) is 60.7 Å². The summed E-state index contributed by atoms with van der Waals surface area (Å²) in [6, 6.07) is 38.1. The Kier molecular flexibility index (Phi) is 9.56. The highest BCUT2D eigenvalue weighted by Crippen LogP contribution is 2.27. The van der Waals surface area contributed by atoms with Crippen molar-refractivity contribution >= 4 is 45.0 Å². The van der Waals surface area contributed by atoms with Crippen molar-refractivity contribution in [3.8, 4) is 22.3 Å². The van der Waals surface area contributed by atoms with Crippen LogP contribution in [0.4, 0.5) is 11.4 Å². The number of hydrogen-bond donors (Lipinski definition) is 4. The summed E-state index contributed by atoms with van der Waals surface area (Å²) in [7, 11) is -4.02. The zero-order chi connectivity index (χ0) is 36.1. The number of hydrogen-bond acceptors (Lipinski definition) is 6.